The second kappa shape index (κ2) is 11.2. The number of carboxylic acid groups (broad SMARTS) is 1. The Bertz CT molecular complexity index is 1070. The molecule has 15 heteroatoms. The molecule has 3 saturated heterocycles. The predicted octanol–water partition coefficient (Wildman–Crippen LogP) is -2.19. The van der Waals surface area contributed by atoms with Crippen molar-refractivity contribution in [1.82, 2.24) is 29.9 Å². The summed E-state index contributed by atoms with van der Waals surface area (Å²) in [5, 5.41) is 18.9. The van der Waals surface area contributed by atoms with Crippen LogP contribution in [-0.2, 0) is 24.6 Å². The fourth-order valence-corrected chi connectivity index (χ4v) is 8.57. The lowest BCUT2D eigenvalue weighted by Crippen LogP contribution is -2.66. The summed E-state index contributed by atoms with van der Waals surface area (Å²) in [6.45, 7) is 5.36. The highest BCUT2D eigenvalue weighted by Crippen LogP contribution is 2.51. The number of β-lactam (4-membered cyclic amide) rings is 1. The number of aliphatic carboxylic acids is 1. The van der Waals surface area contributed by atoms with E-state index in [-0.39, 0.29) is 59.9 Å². The number of fused-ring (bicyclic) bond motifs is 1. The Balaban J connectivity index is 1.37. The van der Waals surface area contributed by atoms with E-state index in [0.717, 1.165) is 0 Å². The van der Waals surface area contributed by atoms with Crippen LogP contribution in [0.5, 0.6) is 0 Å². The molecule has 1 unspecified atom stereocenters. The quantitative estimate of drug-likeness (QED) is 0.152. The van der Waals surface area contributed by atoms with Gasteiger partial charge in [0.25, 0.3) is 10.2 Å². The summed E-state index contributed by atoms with van der Waals surface area (Å²) in [5.41, 5.74) is 5.85. The molecule has 0 aromatic carbocycles. The molecule has 4 heterocycles. The van der Waals surface area contributed by atoms with Crippen LogP contribution < -0.4 is 26.4 Å². The third kappa shape index (κ3) is 5.67. The average molecular weight is 560 g/mol. The van der Waals surface area contributed by atoms with Crippen molar-refractivity contribution in [2.75, 3.05) is 39.8 Å². The zero-order valence-corrected chi connectivity index (χ0v) is 22.9. The Morgan fingerprint density at radius 1 is 1.35 bits per heavy atom. The minimum Gasteiger partial charge on any atom is -0.477 e. The van der Waals surface area contributed by atoms with Gasteiger partial charge in [0.1, 0.15) is 5.70 Å². The summed E-state index contributed by atoms with van der Waals surface area (Å²) in [4.78, 5) is 39.2. The van der Waals surface area contributed by atoms with E-state index in [1.165, 1.54) is 21.0 Å². The SMILES string of the molecule is CNCC(=O)N[C@H](C)[C@H]1C(=O)N2C(C(=O)O)=C(S[C@@H]3CN[C@H](CNS(=O)(=O)N4CCC(N)C4)C3)[C@H](C)[C@H]12. The Morgan fingerprint density at radius 3 is 2.70 bits per heavy atom. The molecule has 0 saturated carbocycles. The van der Waals surface area contributed by atoms with Gasteiger partial charge in [0.15, 0.2) is 0 Å². The Hall–Kier alpha value is -1.75. The molecule has 4 aliphatic rings. The lowest BCUT2D eigenvalue weighted by Gasteiger charge is -2.47. The van der Waals surface area contributed by atoms with Gasteiger partial charge < -0.3 is 31.7 Å². The van der Waals surface area contributed by atoms with E-state index < -0.39 is 28.1 Å². The van der Waals surface area contributed by atoms with Crippen molar-refractivity contribution in [1.29, 1.82) is 0 Å². The largest absolute Gasteiger partial charge is 0.477 e. The highest BCUT2D eigenvalue weighted by atomic mass is 32.2. The number of carbonyl (C=O) groups excluding carboxylic acids is 2. The molecule has 2 amide bonds. The van der Waals surface area contributed by atoms with Crippen molar-refractivity contribution < 1.29 is 27.9 Å². The highest BCUT2D eigenvalue weighted by Gasteiger charge is 2.60. The van der Waals surface area contributed by atoms with Crippen LogP contribution in [0.15, 0.2) is 10.6 Å². The summed E-state index contributed by atoms with van der Waals surface area (Å²) in [7, 11) is -1.94. The van der Waals surface area contributed by atoms with Crippen molar-refractivity contribution in [2.24, 2.45) is 17.6 Å². The average Bonchev–Trinajstić information content (AvgIpc) is 3.51. The van der Waals surface area contributed by atoms with Crippen LogP contribution in [0.2, 0.25) is 0 Å². The van der Waals surface area contributed by atoms with Gasteiger partial charge in [-0.25, -0.2) is 9.52 Å². The van der Waals surface area contributed by atoms with Gasteiger partial charge in [-0.15, -0.1) is 11.8 Å². The van der Waals surface area contributed by atoms with E-state index in [4.69, 9.17) is 5.73 Å². The Kier molecular flexibility index (Phi) is 8.52. The van der Waals surface area contributed by atoms with Crippen molar-refractivity contribution in [3.63, 3.8) is 0 Å². The van der Waals surface area contributed by atoms with Gasteiger partial charge in [-0.3, -0.25) is 9.59 Å². The third-order valence-electron chi connectivity index (χ3n) is 7.57. The van der Waals surface area contributed by atoms with Gasteiger partial charge >= 0.3 is 5.97 Å². The molecule has 4 aliphatic heterocycles. The monoisotopic (exact) mass is 559 g/mol. The molecule has 7 atom stereocenters. The van der Waals surface area contributed by atoms with E-state index in [1.54, 1.807) is 14.0 Å². The van der Waals surface area contributed by atoms with Crippen LogP contribution in [0.3, 0.4) is 0 Å². The number of carbonyl (C=O) groups is 3. The number of carboxylic acids is 1. The Morgan fingerprint density at radius 2 is 2.08 bits per heavy atom. The minimum atomic E-state index is -3.60. The summed E-state index contributed by atoms with van der Waals surface area (Å²) in [5.74, 6) is -2.35. The molecular weight excluding hydrogens is 522 g/mol. The van der Waals surface area contributed by atoms with Gasteiger partial charge in [0.2, 0.25) is 11.8 Å². The van der Waals surface area contributed by atoms with E-state index in [2.05, 4.69) is 20.7 Å². The van der Waals surface area contributed by atoms with Crippen molar-refractivity contribution in [3.05, 3.63) is 10.6 Å². The number of likely N-dealkylation sites (N-methyl/N-ethyl adjacent to an activating group) is 1. The Labute approximate surface area is 221 Å². The molecule has 0 radical (unpaired) electrons. The summed E-state index contributed by atoms with van der Waals surface area (Å²) in [6, 6.07) is -0.984. The maximum atomic E-state index is 13.0. The molecule has 208 valence electrons. The fraction of sp³-hybridized carbons (Fsp3) is 0.773. The van der Waals surface area contributed by atoms with Gasteiger partial charge in [0, 0.05) is 60.4 Å². The van der Waals surface area contributed by atoms with Crippen LogP contribution in [0.4, 0.5) is 0 Å². The first-order chi connectivity index (χ1) is 17.4. The maximum Gasteiger partial charge on any atom is 0.353 e. The number of rotatable bonds is 11. The van der Waals surface area contributed by atoms with Crippen LogP contribution >= 0.6 is 11.8 Å². The number of hydrogen-bond donors (Lipinski definition) is 6. The molecule has 0 aromatic heterocycles. The first-order valence-corrected chi connectivity index (χ1v) is 14.9. The van der Waals surface area contributed by atoms with Crippen LogP contribution in [0.1, 0.15) is 26.7 Å². The van der Waals surface area contributed by atoms with Crippen LogP contribution in [0.25, 0.3) is 0 Å². The minimum absolute atomic E-state index is 0.0204. The first kappa shape index (κ1) is 28.3. The van der Waals surface area contributed by atoms with Gasteiger partial charge in [0.05, 0.1) is 18.5 Å². The third-order valence-corrected chi connectivity index (χ3v) is 10.6. The molecule has 3 fully saturated rings. The number of nitrogens with zero attached hydrogens (tertiary/aromatic N) is 2. The molecule has 0 bridgehead atoms. The molecule has 7 N–H and O–H groups in total. The molecule has 4 rings (SSSR count). The second-order valence-corrected chi connectivity index (χ2v) is 13.4. The zero-order chi connectivity index (χ0) is 27.1. The van der Waals surface area contributed by atoms with E-state index >= 15 is 0 Å². The van der Waals surface area contributed by atoms with Crippen molar-refractivity contribution >= 4 is 39.8 Å². The second-order valence-electron chi connectivity index (χ2n) is 10.3. The summed E-state index contributed by atoms with van der Waals surface area (Å²) in [6.07, 6.45) is 1.29. The normalized spacial score (nSPS) is 33.0. The highest BCUT2D eigenvalue weighted by molar-refractivity contribution is 8.03. The van der Waals surface area contributed by atoms with Gasteiger partial charge in [-0.1, -0.05) is 6.92 Å². The molecule has 37 heavy (non-hydrogen) atoms. The number of amides is 2. The standard InChI is InChI=1S/C22H37N7O6S2/c1-11-18-17(12(2)27-16(30)9-24-3)21(31)29(18)19(22(32)33)20(11)36-15-6-14(25-8-15)7-26-37(34,35)28-5-4-13(23)10-28/h11-15,17-18,24-26H,4-10,23H2,1-3H3,(H,27,30)(H,32,33)/t11-,12-,13?,14+,15+,17-,18-/m1/s1. The smallest absolute Gasteiger partial charge is 0.353 e. The van der Waals surface area contributed by atoms with Crippen molar-refractivity contribution in [3.8, 4) is 0 Å². The molecule has 0 aliphatic carbocycles. The van der Waals surface area contributed by atoms with E-state index in [0.29, 0.717) is 37.4 Å². The predicted molar refractivity (Wildman–Crippen MR) is 138 cm³/mol. The number of nitrogens with two attached hydrogens (primary N) is 1. The number of hydrogen-bond acceptors (Lipinski definition) is 9. The molecule has 13 nitrogen and oxygen atoms in total. The lowest BCUT2D eigenvalue weighted by atomic mass is 9.78. The molecular formula is C22H37N7O6S2. The zero-order valence-electron chi connectivity index (χ0n) is 21.3. The van der Waals surface area contributed by atoms with E-state index in [1.807, 2.05) is 6.92 Å². The van der Waals surface area contributed by atoms with E-state index in [9.17, 15) is 27.9 Å². The topological polar surface area (TPSA) is 186 Å². The fourth-order valence-electron chi connectivity index (χ4n) is 5.73. The first-order valence-electron chi connectivity index (χ1n) is 12.6. The van der Waals surface area contributed by atoms with Gasteiger partial charge in [-0.2, -0.15) is 12.7 Å². The number of nitrogens with one attached hydrogen (secondary N) is 4. The number of thioether (sulfide) groups is 1. The van der Waals surface area contributed by atoms with Crippen LogP contribution in [0, 0.1) is 11.8 Å². The molecule has 0 aromatic rings. The maximum absolute atomic E-state index is 13.0. The lowest BCUT2D eigenvalue weighted by molar-refractivity contribution is -0.158. The molecule has 0 spiro atoms. The van der Waals surface area contributed by atoms with Crippen LogP contribution in [-0.4, -0.2) is 110 Å². The van der Waals surface area contributed by atoms with Gasteiger partial charge in [-0.05, 0) is 26.8 Å². The van der Waals surface area contributed by atoms with Crippen molar-refractivity contribution in [2.45, 2.75) is 56.1 Å². The summed E-state index contributed by atoms with van der Waals surface area (Å²) < 4.78 is 29.1. The summed E-state index contributed by atoms with van der Waals surface area (Å²) >= 11 is 1.45.